The molecule has 0 heterocycles. The molecule has 0 aliphatic carbocycles. The molecule has 1 amide bonds. The number of benzene rings is 1. The van der Waals surface area contributed by atoms with Gasteiger partial charge in [0.15, 0.2) is 5.60 Å². The number of nitrogens with one attached hydrogen (secondary N) is 1. The van der Waals surface area contributed by atoms with Crippen LogP contribution in [0.25, 0.3) is 0 Å². The molecule has 3 N–H and O–H groups in total. The molecule has 0 fully saturated rings. The molecule has 0 unspecified atom stereocenters. The van der Waals surface area contributed by atoms with E-state index in [0.29, 0.717) is 11.4 Å². The van der Waals surface area contributed by atoms with Crippen LogP contribution in [0.15, 0.2) is 24.3 Å². The lowest BCUT2D eigenvalue weighted by Crippen LogP contribution is -2.37. The topological polar surface area (TPSA) is 113 Å². The van der Waals surface area contributed by atoms with E-state index in [2.05, 4.69) is 5.32 Å². The van der Waals surface area contributed by atoms with Crippen molar-refractivity contribution in [1.82, 2.24) is 0 Å². The van der Waals surface area contributed by atoms with Gasteiger partial charge >= 0.3 is 11.9 Å². The number of ether oxygens (including phenoxy) is 1. The van der Waals surface area contributed by atoms with Gasteiger partial charge in [0, 0.05) is 18.5 Å². The van der Waals surface area contributed by atoms with Crippen molar-refractivity contribution in [2.45, 2.75) is 38.7 Å². The van der Waals surface area contributed by atoms with E-state index in [1.54, 1.807) is 24.3 Å². The van der Waals surface area contributed by atoms with Gasteiger partial charge < -0.3 is 20.3 Å². The minimum atomic E-state index is -1.35. The van der Waals surface area contributed by atoms with Gasteiger partial charge in [-0.05, 0) is 44.5 Å². The fourth-order valence-corrected chi connectivity index (χ4v) is 1.57. The summed E-state index contributed by atoms with van der Waals surface area (Å²) in [5, 5.41) is 20.1. The van der Waals surface area contributed by atoms with Gasteiger partial charge in [-0.25, -0.2) is 4.79 Å². The standard InChI is InChI=1S/C15H19NO6/c1-15(2,14(20)21)22-11-8-6-10(7-9-11)16-12(17)4-3-5-13(18)19/h6-9H,3-5H2,1-2H3,(H,16,17)(H,18,19)(H,20,21). The molecule has 7 heteroatoms. The molecule has 0 atom stereocenters. The summed E-state index contributed by atoms with van der Waals surface area (Å²) in [6.07, 6.45) is 0.343. The summed E-state index contributed by atoms with van der Waals surface area (Å²) in [6.45, 7) is 2.88. The maximum atomic E-state index is 11.6. The number of hydrogen-bond acceptors (Lipinski definition) is 4. The number of hydrogen-bond donors (Lipinski definition) is 3. The zero-order chi connectivity index (χ0) is 16.8. The number of rotatable bonds is 8. The smallest absolute Gasteiger partial charge is 0.347 e. The van der Waals surface area contributed by atoms with E-state index in [0.717, 1.165) is 0 Å². The summed E-state index contributed by atoms with van der Waals surface area (Å²) < 4.78 is 5.34. The third-order valence-corrected chi connectivity index (χ3v) is 2.82. The zero-order valence-electron chi connectivity index (χ0n) is 12.5. The summed E-state index contributed by atoms with van der Waals surface area (Å²) in [5.74, 6) is -1.92. The van der Waals surface area contributed by atoms with E-state index < -0.39 is 17.5 Å². The lowest BCUT2D eigenvalue weighted by molar-refractivity contribution is -0.152. The number of carboxylic acids is 2. The second-order valence-corrected chi connectivity index (χ2v) is 5.24. The number of carbonyl (C=O) groups excluding carboxylic acids is 1. The molecule has 0 bridgehead atoms. The maximum absolute atomic E-state index is 11.6. The molecule has 22 heavy (non-hydrogen) atoms. The average molecular weight is 309 g/mol. The summed E-state index contributed by atoms with van der Waals surface area (Å²) in [5.41, 5.74) is -0.817. The Kier molecular flexibility index (Phi) is 5.91. The highest BCUT2D eigenvalue weighted by atomic mass is 16.5. The molecule has 1 aromatic carbocycles. The van der Waals surface area contributed by atoms with Crippen molar-refractivity contribution in [3.8, 4) is 5.75 Å². The second kappa shape index (κ2) is 7.44. The SMILES string of the molecule is CC(C)(Oc1ccc(NC(=O)CCCC(=O)O)cc1)C(=O)O. The summed E-state index contributed by atoms with van der Waals surface area (Å²) in [6, 6.07) is 6.28. The average Bonchev–Trinajstić information content (AvgIpc) is 2.40. The zero-order valence-corrected chi connectivity index (χ0v) is 12.5. The molecular weight excluding hydrogens is 290 g/mol. The van der Waals surface area contributed by atoms with Crippen LogP contribution in [0.4, 0.5) is 5.69 Å². The first-order valence-corrected chi connectivity index (χ1v) is 6.75. The van der Waals surface area contributed by atoms with Gasteiger partial charge in [0.2, 0.25) is 5.91 Å². The van der Waals surface area contributed by atoms with Crippen molar-refractivity contribution in [3.63, 3.8) is 0 Å². The van der Waals surface area contributed by atoms with Crippen LogP contribution >= 0.6 is 0 Å². The molecule has 0 saturated heterocycles. The Morgan fingerprint density at radius 3 is 2.18 bits per heavy atom. The third kappa shape index (κ3) is 5.82. The molecule has 120 valence electrons. The predicted octanol–water partition coefficient (Wildman–Crippen LogP) is 2.12. The Bertz CT molecular complexity index is 550. The van der Waals surface area contributed by atoms with Gasteiger partial charge in [-0.3, -0.25) is 9.59 Å². The normalized spacial score (nSPS) is 10.8. The third-order valence-electron chi connectivity index (χ3n) is 2.82. The number of amides is 1. The summed E-state index contributed by atoms with van der Waals surface area (Å²) in [7, 11) is 0. The van der Waals surface area contributed by atoms with E-state index in [1.807, 2.05) is 0 Å². The predicted molar refractivity (Wildman–Crippen MR) is 78.9 cm³/mol. The van der Waals surface area contributed by atoms with Crippen molar-refractivity contribution in [2.75, 3.05) is 5.32 Å². The van der Waals surface area contributed by atoms with E-state index in [-0.39, 0.29) is 25.2 Å². The molecule has 7 nitrogen and oxygen atoms in total. The largest absolute Gasteiger partial charge is 0.481 e. The van der Waals surface area contributed by atoms with Crippen molar-refractivity contribution < 1.29 is 29.3 Å². The van der Waals surface area contributed by atoms with Crippen LogP contribution in [0.3, 0.4) is 0 Å². The first kappa shape index (κ1) is 17.5. The number of carbonyl (C=O) groups is 3. The quantitative estimate of drug-likeness (QED) is 0.678. The Morgan fingerprint density at radius 1 is 1.09 bits per heavy atom. The van der Waals surface area contributed by atoms with Crippen LogP contribution in [-0.4, -0.2) is 33.7 Å². The first-order valence-electron chi connectivity index (χ1n) is 6.75. The van der Waals surface area contributed by atoms with Crippen LogP contribution < -0.4 is 10.1 Å². The molecule has 0 radical (unpaired) electrons. The molecule has 0 saturated carbocycles. The number of aliphatic carboxylic acids is 2. The molecule has 0 aliphatic rings. The molecule has 0 aromatic heterocycles. The fourth-order valence-electron chi connectivity index (χ4n) is 1.57. The minimum Gasteiger partial charge on any atom is -0.481 e. The Morgan fingerprint density at radius 2 is 1.68 bits per heavy atom. The van der Waals surface area contributed by atoms with Gasteiger partial charge in [-0.15, -0.1) is 0 Å². The highest BCUT2D eigenvalue weighted by Crippen LogP contribution is 2.21. The van der Waals surface area contributed by atoms with Crippen molar-refractivity contribution in [1.29, 1.82) is 0 Å². The van der Waals surface area contributed by atoms with Crippen molar-refractivity contribution in [3.05, 3.63) is 24.3 Å². The molecule has 1 aromatic rings. The molecule has 0 spiro atoms. The molecule has 0 aliphatic heterocycles. The minimum absolute atomic E-state index is 0.0511. The van der Waals surface area contributed by atoms with Crippen molar-refractivity contribution in [2.24, 2.45) is 0 Å². The molecular formula is C15H19NO6. The first-order chi connectivity index (χ1) is 10.2. The van der Waals surface area contributed by atoms with E-state index >= 15 is 0 Å². The highest BCUT2D eigenvalue weighted by molar-refractivity contribution is 5.90. The Balaban J connectivity index is 2.53. The lowest BCUT2D eigenvalue weighted by Gasteiger charge is -2.21. The highest BCUT2D eigenvalue weighted by Gasteiger charge is 2.29. The summed E-state index contributed by atoms with van der Waals surface area (Å²) >= 11 is 0. The maximum Gasteiger partial charge on any atom is 0.347 e. The monoisotopic (exact) mass is 309 g/mol. The fraction of sp³-hybridized carbons (Fsp3) is 0.400. The van der Waals surface area contributed by atoms with Gasteiger partial charge in [-0.1, -0.05) is 0 Å². The van der Waals surface area contributed by atoms with Gasteiger partial charge in [0.05, 0.1) is 0 Å². The van der Waals surface area contributed by atoms with E-state index in [9.17, 15) is 14.4 Å². The van der Waals surface area contributed by atoms with Gasteiger partial charge in [-0.2, -0.15) is 0 Å². The van der Waals surface area contributed by atoms with Crippen LogP contribution in [0.1, 0.15) is 33.1 Å². The van der Waals surface area contributed by atoms with E-state index in [1.165, 1.54) is 13.8 Å². The number of carboxylic acid groups (broad SMARTS) is 2. The molecule has 1 rings (SSSR count). The van der Waals surface area contributed by atoms with Crippen LogP contribution in [-0.2, 0) is 14.4 Å². The Labute approximate surface area is 127 Å². The van der Waals surface area contributed by atoms with E-state index in [4.69, 9.17) is 14.9 Å². The van der Waals surface area contributed by atoms with Crippen LogP contribution in [0.5, 0.6) is 5.75 Å². The van der Waals surface area contributed by atoms with Crippen LogP contribution in [0, 0.1) is 0 Å². The number of anilines is 1. The lowest BCUT2D eigenvalue weighted by atomic mass is 10.1. The second-order valence-electron chi connectivity index (χ2n) is 5.24. The Hall–Kier alpha value is -2.57. The van der Waals surface area contributed by atoms with Crippen molar-refractivity contribution >= 4 is 23.5 Å². The van der Waals surface area contributed by atoms with Crippen LogP contribution in [0.2, 0.25) is 0 Å². The van der Waals surface area contributed by atoms with Gasteiger partial charge in [0.25, 0.3) is 0 Å². The summed E-state index contributed by atoms with van der Waals surface area (Å²) in [4.78, 5) is 32.9. The van der Waals surface area contributed by atoms with Gasteiger partial charge in [0.1, 0.15) is 5.75 Å².